The number of rotatable bonds is 8. The number of ether oxygens (including phenoxy) is 3. The zero-order valence-corrected chi connectivity index (χ0v) is 14.4. The van der Waals surface area contributed by atoms with Crippen LogP contribution in [0.5, 0.6) is 17.2 Å². The number of hydrogen-bond donors (Lipinski definition) is 1. The number of alkyl halides is 2. The number of halogens is 2. The van der Waals surface area contributed by atoms with Gasteiger partial charge in [-0.2, -0.15) is 8.78 Å². The zero-order valence-electron chi connectivity index (χ0n) is 14.4. The minimum Gasteiger partial charge on any atom is -0.497 e. The molecule has 0 spiro atoms. The van der Waals surface area contributed by atoms with Gasteiger partial charge in [0.05, 0.1) is 14.2 Å². The highest BCUT2D eigenvalue weighted by Crippen LogP contribution is 2.29. The van der Waals surface area contributed by atoms with Crippen molar-refractivity contribution in [2.24, 2.45) is 0 Å². The third kappa shape index (κ3) is 5.77. The number of carbonyl (C=O) groups is 1. The fourth-order valence-corrected chi connectivity index (χ4v) is 2.14. The van der Waals surface area contributed by atoms with Crippen LogP contribution in [-0.2, 0) is 11.3 Å². The fraction of sp³-hybridized carbons (Fsp3) is 0.211. The van der Waals surface area contributed by atoms with Crippen molar-refractivity contribution >= 4 is 12.0 Å². The Morgan fingerprint density at radius 3 is 2.42 bits per heavy atom. The summed E-state index contributed by atoms with van der Waals surface area (Å²) in [6.07, 6.45) is 2.91. The third-order valence-corrected chi connectivity index (χ3v) is 3.46. The molecule has 2 aromatic carbocycles. The first-order valence-corrected chi connectivity index (χ1v) is 7.73. The average molecular weight is 363 g/mol. The third-order valence-electron chi connectivity index (χ3n) is 3.46. The molecule has 1 N–H and O–H groups in total. The quantitative estimate of drug-likeness (QED) is 0.728. The molecule has 0 aliphatic heterocycles. The minimum absolute atomic E-state index is 0.0661. The van der Waals surface area contributed by atoms with Gasteiger partial charge in [-0.25, -0.2) is 0 Å². The summed E-state index contributed by atoms with van der Waals surface area (Å²) in [6, 6.07) is 11.8. The average Bonchev–Trinajstić information content (AvgIpc) is 2.65. The van der Waals surface area contributed by atoms with Crippen molar-refractivity contribution in [2.45, 2.75) is 13.2 Å². The van der Waals surface area contributed by atoms with E-state index in [0.29, 0.717) is 12.1 Å². The van der Waals surface area contributed by atoms with Crippen molar-refractivity contribution in [3.63, 3.8) is 0 Å². The predicted molar refractivity (Wildman–Crippen MR) is 93.5 cm³/mol. The molecule has 5 nitrogen and oxygen atoms in total. The Balaban J connectivity index is 1.94. The van der Waals surface area contributed by atoms with Crippen molar-refractivity contribution in [2.75, 3.05) is 14.2 Å². The molecule has 0 saturated carbocycles. The van der Waals surface area contributed by atoms with Crippen molar-refractivity contribution in [3.8, 4) is 17.2 Å². The van der Waals surface area contributed by atoms with Gasteiger partial charge in [-0.15, -0.1) is 0 Å². The van der Waals surface area contributed by atoms with Crippen LogP contribution in [0.3, 0.4) is 0 Å². The molecule has 0 aromatic heterocycles. The molecule has 0 saturated heterocycles. The number of amides is 1. The zero-order chi connectivity index (χ0) is 18.9. The van der Waals surface area contributed by atoms with E-state index in [1.165, 1.54) is 25.3 Å². The van der Waals surface area contributed by atoms with E-state index in [1.54, 1.807) is 19.3 Å². The van der Waals surface area contributed by atoms with Gasteiger partial charge in [-0.05, 0) is 41.5 Å². The molecule has 0 atom stereocenters. The Hall–Kier alpha value is -3.09. The van der Waals surface area contributed by atoms with Crippen LogP contribution in [0.4, 0.5) is 8.78 Å². The van der Waals surface area contributed by atoms with E-state index in [9.17, 15) is 13.6 Å². The Kier molecular flexibility index (Phi) is 6.96. The summed E-state index contributed by atoms with van der Waals surface area (Å²) in [5.41, 5.74) is 1.55. The van der Waals surface area contributed by atoms with E-state index in [4.69, 9.17) is 9.47 Å². The number of carbonyl (C=O) groups excluding carboxylic acids is 1. The van der Waals surface area contributed by atoms with Crippen LogP contribution in [0.15, 0.2) is 48.5 Å². The Morgan fingerprint density at radius 2 is 1.81 bits per heavy atom. The molecule has 2 aromatic rings. The SMILES string of the molecule is COc1ccc(CNC(=O)C=Cc2ccc(OC(F)F)c(OC)c2)cc1. The molecular formula is C19H19F2NO4. The van der Waals surface area contributed by atoms with Crippen molar-refractivity contribution in [3.05, 3.63) is 59.7 Å². The van der Waals surface area contributed by atoms with Crippen LogP contribution in [0.2, 0.25) is 0 Å². The lowest BCUT2D eigenvalue weighted by atomic mass is 10.2. The lowest BCUT2D eigenvalue weighted by Gasteiger charge is -2.10. The lowest BCUT2D eigenvalue weighted by Crippen LogP contribution is -2.20. The Labute approximate surface area is 150 Å². The van der Waals surface area contributed by atoms with E-state index < -0.39 is 6.61 Å². The first kappa shape index (κ1) is 19.2. The second-order valence-electron chi connectivity index (χ2n) is 5.19. The second kappa shape index (κ2) is 9.41. The van der Waals surface area contributed by atoms with E-state index in [1.807, 2.05) is 24.3 Å². The van der Waals surface area contributed by atoms with Gasteiger partial charge >= 0.3 is 6.61 Å². The monoisotopic (exact) mass is 363 g/mol. The molecule has 26 heavy (non-hydrogen) atoms. The first-order valence-electron chi connectivity index (χ1n) is 7.73. The number of methoxy groups -OCH3 is 2. The summed E-state index contributed by atoms with van der Waals surface area (Å²) in [5.74, 6) is 0.551. The molecule has 1 amide bonds. The van der Waals surface area contributed by atoms with Crippen molar-refractivity contribution < 1.29 is 27.8 Å². The second-order valence-corrected chi connectivity index (χ2v) is 5.19. The maximum Gasteiger partial charge on any atom is 0.387 e. The first-order chi connectivity index (χ1) is 12.5. The summed E-state index contributed by atoms with van der Waals surface area (Å²) < 4.78 is 39.1. The highest BCUT2D eigenvalue weighted by Gasteiger charge is 2.10. The minimum atomic E-state index is -2.94. The summed E-state index contributed by atoms with van der Waals surface area (Å²) in [5, 5.41) is 2.75. The number of benzene rings is 2. The molecule has 0 bridgehead atoms. The van der Waals surface area contributed by atoms with Gasteiger partial charge in [0.2, 0.25) is 5.91 Å². The van der Waals surface area contributed by atoms with Crippen LogP contribution in [0.25, 0.3) is 6.08 Å². The number of hydrogen-bond acceptors (Lipinski definition) is 4. The summed E-state index contributed by atoms with van der Waals surface area (Å²) in [6.45, 7) is -2.56. The molecular weight excluding hydrogens is 344 g/mol. The molecule has 0 aliphatic rings. The van der Waals surface area contributed by atoms with E-state index in [-0.39, 0.29) is 17.4 Å². The highest BCUT2D eigenvalue weighted by molar-refractivity contribution is 5.91. The van der Waals surface area contributed by atoms with Crippen LogP contribution in [0, 0.1) is 0 Å². The van der Waals surface area contributed by atoms with Crippen LogP contribution < -0.4 is 19.5 Å². The highest BCUT2D eigenvalue weighted by atomic mass is 19.3. The van der Waals surface area contributed by atoms with Gasteiger partial charge in [-0.3, -0.25) is 4.79 Å². The fourth-order valence-electron chi connectivity index (χ4n) is 2.14. The summed E-state index contributed by atoms with van der Waals surface area (Å²) in [4.78, 5) is 11.9. The maximum atomic E-state index is 12.3. The topological polar surface area (TPSA) is 56.8 Å². The van der Waals surface area contributed by atoms with E-state index in [0.717, 1.165) is 11.3 Å². The molecule has 2 rings (SSSR count). The van der Waals surface area contributed by atoms with Crippen molar-refractivity contribution in [1.82, 2.24) is 5.32 Å². The van der Waals surface area contributed by atoms with Gasteiger partial charge in [0.1, 0.15) is 5.75 Å². The number of nitrogens with one attached hydrogen (secondary N) is 1. The van der Waals surface area contributed by atoms with Crippen LogP contribution in [-0.4, -0.2) is 26.7 Å². The molecule has 138 valence electrons. The predicted octanol–water partition coefficient (Wildman–Crippen LogP) is 3.63. The van der Waals surface area contributed by atoms with Crippen LogP contribution >= 0.6 is 0 Å². The van der Waals surface area contributed by atoms with Gasteiger partial charge in [0.25, 0.3) is 0 Å². The van der Waals surface area contributed by atoms with Gasteiger partial charge in [0, 0.05) is 12.6 Å². The van der Waals surface area contributed by atoms with Gasteiger partial charge in [-0.1, -0.05) is 18.2 Å². The standard InChI is InChI=1S/C19H19F2NO4/c1-24-15-7-3-14(4-8-15)12-22-18(23)10-6-13-5-9-16(26-19(20)21)17(11-13)25-2/h3-11,19H,12H2,1-2H3,(H,22,23). The molecule has 0 heterocycles. The van der Waals surface area contributed by atoms with Gasteiger partial charge < -0.3 is 19.5 Å². The van der Waals surface area contributed by atoms with Crippen LogP contribution in [0.1, 0.15) is 11.1 Å². The molecule has 0 radical (unpaired) electrons. The lowest BCUT2D eigenvalue weighted by molar-refractivity contribution is -0.116. The Bertz CT molecular complexity index is 761. The molecule has 0 unspecified atom stereocenters. The molecule has 0 fully saturated rings. The van der Waals surface area contributed by atoms with Gasteiger partial charge in [0.15, 0.2) is 11.5 Å². The molecule has 7 heteroatoms. The van der Waals surface area contributed by atoms with E-state index >= 15 is 0 Å². The van der Waals surface area contributed by atoms with Crippen molar-refractivity contribution in [1.29, 1.82) is 0 Å². The normalized spacial score (nSPS) is 10.8. The summed E-state index contributed by atoms with van der Waals surface area (Å²) >= 11 is 0. The molecule has 0 aliphatic carbocycles. The van der Waals surface area contributed by atoms with E-state index in [2.05, 4.69) is 10.1 Å². The Morgan fingerprint density at radius 1 is 1.08 bits per heavy atom. The maximum absolute atomic E-state index is 12.3. The smallest absolute Gasteiger partial charge is 0.387 e. The largest absolute Gasteiger partial charge is 0.497 e. The summed E-state index contributed by atoms with van der Waals surface area (Å²) in [7, 11) is 2.94.